The van der Waals surface area contributed by atoms with Crippen LogP contribution in [0.25, 0.3) is 0 Å². The van der Waals surface area contributed by atoms with Gasteiger partial charge in [0.15, 0.2) is 6.10 Å². The predicted octanol–water partition coefficient (Wildman–Crippen LogP) is -3.55. The summed E-state index contributed by atoms with van der Waals surface area (Å²) in [5.41, 5.74) is 0.238. The first kappa shape index (κ1) is 40.3. The normalized spacial score (nSPS) is 27.0. The topological polar surface area (TPSA) is 316 Å². The number of carbonyl (C=O) groups is 7. The van der Waals surface area contributed by atoms with Gasteiger partial charge in [0, 0.05) is 38.2 Å². The maximum Gasteiger partial charge on any atom is 0.352 e. The SMILES string of the molecule is CCN1CCN(C(=O)N[C@@H](C(=O)N[C@@H]2C(=O)N3C(C(=O)O)=C(CSc4nnnn4C)CS[C@H]23)c2ccc(OC3OC(C(=O)O)C(O)C(O)C3O)cc2)C(=O)C1=O. The Morgan fingerprint density at radius 2 is 1.75 bits per heavy atom. The molecule has 6 rings (SSSR count). The van der Waals surface area contributed by atoms with Crippen LogP contribution in [-0.2, 0) is 40.6 Å². The number of hydrogen-bond acceptors (Lipinski definition) is 17. The molecule has 2 aromatic rings. The van der Waals surface area contributed by atoms with Crippen LogP contribution in [0.4, 0.5) is 4.79 Å². The number of hydrogen-bond donors (Lipinski definition) is 7. The van der Waals surface area contributed by atoms with E-state index in [2.05, 4.69) is 26.2 Å². The fraction of sp³-hybridized carbons (Fsp3) is 0.484. The summed E-state index contributed by atoms with van der Waals surface area (Å²) in [5.74, 6) is -6.44. The van der Waals surface area contributed by atoms with Crippen LogP contribution >= 0.6 is 23.5 Å². The monoisotopic (exact) mass is 821 g/mol. The Morgan fingerprint density at radius 3 is 2.38 bits per heavy atom. The van der Waals surface area contributed by atoms with Crippen LogP contribution in [0, 0.1) is 0 Å². The van der Waals surface area contributed by atoms with Crippen molar-refractivity contribution in [2.45, 2.75) is 60.2 Å². The predicted molar refractivity (Wildman–Crippen MR) is 186 cm³/mol. The van der Waals surface area contributed by atoms with Crippen molar-refractivity contribution < 1.29 is 68.6 Å². The number of benzene rings is 1. The molecule has 1 aromatic heterocycles. The molecule has 0 saturated carbocycles. The number of nitrogens with one attached hydrogen (secondary N) is 2. The van der Waals surface area contributed by atoms with Gasteiger partial charge >= 0.3 is 29.8 Å². The molecule has 3 saturated heterocycles. The summed E-state index contributed by atoms with van der Waals surface area (Å²) >= 11 is 2.37. The molecule has 8 atom stereocenters. The fourth-order valence-corrected chi connectivity index (χ4v) is 8.56. The zero-order valence-electron chi connectivity index (χ0n) is 29.3. The number of carbonyl (C=O) groups excluding carboxylic acids is 5. The van der Waals surface area contributed by atoms with Crippen molar-refractivity contribution in [1.29, 1.82) is 0 Å². The van der Waals surface area contributed by atoms with Gasteiger partial charge in [-0.2, -0.15) is 0 Å². The van der Waals surface area contributed by atoms with Gasteiger partial charge in [-0.05, 0) is 40.6 Å². The molecule has 1 aromatic carbocycles. The average molecular weight is 822 g/mol. The molecule has 3 fully saturated rings. The fourth-order valence-electron chi connectivity index (χ4n) is 6.22. The van der Waals surface area contributed by atoms with E-state index in [1.807, 2.05) is 0 Å². The number of aliphatic hydroxyl groups excluding tert-OH is 3. The summed E-state index contributed by atoms with van der Waals surface area (Å²) < 4.78 is 12.1. The third kappa shape index (κ3) is 7.72. The number of aliphatic hydroxyl groups is 3. The molecule has 23 nitrogen and oxygen atoms in total. The van der Waals surface area contributed by atoms with E-state index in [4.69, 9.17) is 9.47 Å². The molecular weight excluding hydrogens is 787 g/mol. The lowest BCUT2D eigenvalue weighted by Gasteiger charge is -2.49. The summed E-state index contributed by atoms with van der Waals surface area (Å²) in [6.07, 6.45) is -9.45. The lowest BCUT2D eigenvalue weighted by molar-refractivity contribution is -0.271. The molecule has 56 heavy (non-hydrogen) atoms. The summed E-state index contributed by atoms with van der Waals surface area (Å²) in [7, 11) is 1.61. The molecule has 4 aliphatic rings. The van der Waals surface area contributed by atoms with Gasteiger partial charge in [0.2, 0.25) is 17.4 Å². The van der Waals surface area contributed by atoms with Crippen molar-refractivity contribution in [2.24, 2.45) is 7.05 Å². The number of aliphatic carboxylic acids is 2. The summed E-state index contributed by atoms with van der Waals surface area (Å²) in [6, 6.07) is 1.10. The molecule has 25 heteroatoms. The highest BCUT2D eigenvalue weighted by Crippen LogP contribution is 2.41. The molecule has 5 heterocycles. The van der Waals surface area contributed by atoms with Gasteiger partial charge in [-0.1, -0.05) is 23.9 Å². The zero-order chi connectivity index (χ0) is 40.6. The van der Waals surface area contributed by atoms with E-state index in [1.54, 1.807) is 14.0 Å². The molecule has 4 aliphatic heterocycles. The number of urea groups is 1. The van der Waals surface area contributed by atoms with E-state index < -0.39 is 89.8 Å². The number of imide groups is 1. The molecule has 0 aliphatic carbocycles. The first-order valence-electron chi connectivity index (χ1n) is 16.8. The third-order valence-corrected chi connectivity index (χ3v) is 11.7. The maximum atomic E-state index is 14.0. The Bertz CT molecular complexity index is 1960. The number of aryl methyl sites for hydroxylation is 1. The molecule has 0 spiro atoms. The number of tetrazole rings is 1. The highest BCUT2D eigenvalue weighted by Gasteiger charge is 2.55. The minimum atomic E-state index is -1.96. The minimum Gasteiger partial charge on any atom is -0.479 e. The maximum absolute atomic E-state index is 14.0. The number of nitrogens with zero attached hydrogens (tertiary/aromatic N) is 7. The van der Waals surface area contributed by atoms with Crippen LogP contribution in [0.15, 0.2) is 40.7 Å². The van der Waals surface area contributed by atoms with Crippen LogP contribution in [0.3, 0.4) is 0 Å². The Morgan fingerprint density at radius 1 is 1.04 bits per heavy atom. The van der Waals surface area contributed by atoms with E-state index in [0.717, 1.165) is 4.90 Å². The standard InChI is InChI=1S/C31H35N9O14S2/c1-3-38-8-9-39(25(47)24(38)46)30(52)33-15(12-4-6-14(7-5-12)53-29-20(43)18(41)19(42)21(54-29)28(50)51)22(44)32-16-23(45)40-17(27(48)49)13(10-55-26(16)40)11-56-31-34-35-36-37(31)2/h4-7,15-16,18-21,26,29,41-43H,3,8-11H2,1-2H3,(H,32,44)(H,33,52)(H,48,49)(H,50,51)/t15-,16-,18?,19?,20?,21?,26-,29?/m1/s1. The van der Waals surface area contributed by atoms with Gasteiger partial charge in [-0.15, -0.1) is 16.9 Å². The minimum absolute atomic E-state index is 0.0433. The van der Waals surface area contributed by atoms with E-state index in [-0.39, 0.29) is 48.1 Å². The van der Waals surface area contributed by atoms with Crippen molar-refractivity contribution in [3.8, 4) is 5.75 Å². The first-order chi connectivity index (χ1) is 26.6. The second-order valence-corrected chi connectivity index (χ2v) is 14.7. The quantitative estimate of drug-likeness (QED) is 0.0619. The smallest absolute Gasteiger partial charge is 0.352 e. The zero-order valence-corrected chi connectivity index (χ0v) is 31.0. The Balaban J connectivity index is 1.21. The van der Waals surface area contributed by atoms with Crippen LogP contribution in [-0.4, -0.2) is 175 Å². The number of aromatic nitrogens is 4. The molecule has 5 unspecified atom stereocenters. The highest BCUT2D eigenvalue weighted by molar-refractivity contribution is 8.01. The summed E-state index contributed by atoms with van der Waals surface area (Å²) in [4.78, 5) is 93.0. The number of β-lactam (4-membered cyclic amide) rings is 1. The van der Waals surface area contributed by atoms with Crippen molar-refractivity contribution in [2.75, 3.05) is 31.1 Å². The number of ether oxygens (including phenoxy) is 2. The van der Waals surface area contributed by atoms with Crippen LogP contribution in [0.1, 0.15) is 18.5 Å². The number of thioether (sulfide) groups is 2. The van der Waals surface area contributed by atoms with E-state index in [0.29, 0.717) is 15.6 Å². The largest absolute Gasteiger partial charge is 0.479 e. The van der Waals surface area contributed by atoms with Gasteiger partial charge in [-0.3, -0.25) is 29.0 Å². The number of likely N-dealkylation sites (N-methyl/N-ethyl adjacent to an activating group) is 1. The average Bonchev–Trinajstić information content (AvgIpc) is 3.59. The molecule has 6 amide bonds. The lowest BCUT2D eigenvalue weighted by Crippen LogP contribution is -2.71. The van der Waals surface area contributed by atoms with Crippen molar-refractivity contribution >= 4 is 65.1 Å². The molecular formula is C31H35N9O14S2. The number of rotatable bonds is 12. The number of carboxylic acids is 2. The first-order valence-corrected chi connectivity index (χ1v) is 18.8. The van der Waals surface area contributed by atoms with Crippen LogP contribution < -0.4 is 15.4 Å². The third-order valence-electron chi connectivity index (χ3n) is 9.25. The van der Waals surface area contributed by atoms with Gasteiger partial charge in [0.05, 0.1) is 0 Å². The molecule has 300 valence electrons. The van der Waals surface area contributed by atoms with Crippen molar-refractivity contribution in [1.82, 2.24) is 45.5 Å². The van der Waals surface area contributed by atoms with E-state index in [9.17, 15) is 59.1 Å². The molecule has 0 radical (unpaired) electrons. The number of carboxylic acid groups (broad SMARTS) is 2. The van der Waals surface area contributed by atoms with E-state index in [1.165, 1.54) is 57.4 Å². The van der Waals surface area contributed by atoms with Crippen LogP contribution in [0.2, 0.25) is 0 Å². The highest BCUT2D eigenvalue weighted by atomic mass is 32.2. The van der Waals surface area contributed by atoms with Crippen LogP contribution in [0.5, 0.6) is 5.75 Å². The van der Waals surface area contributed by atoms with Crippen molar-refractivity contribution in [3.05, 3.63) is 41.1 Å². The second-order valence-electron chi connectivity index (χ2n) is 12.7. The van der Waals surface area contributed by atoms with Gasteiger partial charge in [0.25, 0.3) is 5.91 Å². The Hall–Kier alpha value is -5.34. The Kier molecular flexibility index (Phi) is 11.8. The van der Waals surface area contributed by atoms with E-state index >= 15 is 0 Å². The second kappa shape index (κ2) is 16.4. The lowest BCUT2D eigenvalue weighted by atomic mass is 9.99. The molecule has 7 N–H and O–H groups in total. The Labute approximate surface area is 323 Å². The summed E-state index contributed by atoms with van der Waals surface area (Å²) in [5, 5.41) is 65.6. The number of amides is 6. The van der Waals surface area contributed by atoms with Gasteiger partial charge < -0.3 is 50.5 Å². The number of fused-ring (bicyclic) bond motifs is 1. The molecule has 0 bridgehead atoms. The van der Waals surface area contributed by atoms with Crippen molar-refractivity contribution in [3.63, 3.8) is 0 Å². The number of piperazine rings is 1. The van der Waals surface area contributed by atoms with Gasteiger partial charge in [-0.25, -0.2) is 19.1 Å². The van der Waals surface area contributed by atoms with Gasteiger partial charge in [0.1, 0.15) is 47.2 Å². The summed E-state index contributed by atoms with van der Waals surface area (Å²) in [6.45, 7) is 1.75.